The van der Waals surface area contributed by atoms with Gasteiger partial charge in [0.15, 0.2) is 0 Å². The molecule has 2 aliphatic rings. The van der Waals surface area contributed by atoms with E-state index >= 15 is 0 Å². The third-order valence-electron chi connectivity index (χ3n) is 8.34. The van der Waals surface area contributed by atoms with Crippen molar-refractivity contribution >= 4 is 10.9 Å². The Morgan fingerprint density at radius 1 is 1.06 bits per heavy atom. The van der Waals surface area contributed by atoms with Crippen LogP contribution >= 0.6 is 0 Å². The normalized spacial score (nSPS) is 20.3. The highest BCUT2D eigenvalue weighted by molar-refractivity contribution is 5.88. The van der Waals surface area contributed by atoms with Gasteiger partial charge in [0.25, 0.3) is 0 Å². The van der Waals surface area contributed by atoms with Crippen LogP contribution in [0.2, 0.25) is 0 Å². The Bertz CT molecular complexity index is 1180. The molecule has 1 atom stereocenters. The summed E-state index contributed by atoms with van der Waals surface area (Å²) < 4.78 is 13.6. The minimum atomic E-state index is -0.0717. The number of ether oxygens (including phenoxy) is 2. The lowest BCUT2D eigenvalue weighted by Crippen LogP contribution is -2.53. The highest BCUT2D eigenvalue weighted by Crippen LogP contribution is 2.50. The first kappa shape index (κ1) is 24.2. The fraction of sp³-hybridized carbons (Fsp3) is 0.517. The predicted octanol–water partition coefficient (Wildman–Crippen LogP) is 4.49. The number of rotatable bonds is 7. The minimum Gasteiger partial charge on any atom is -0.497 e. The first-order valence-electron chi connectivity index (χ1n) is 12.9. The maximum absolute atomic E-state index is 10.7. The average Bonchev–Trinajstić information content (AvgIpc) is 3.18. The van der Waals surface area contributed by atoms with Gasteiger partial charge in [-0.15, -0.1) is 0 Å². The summed E-state index contributed by atoms with van der Waals surface area (Å²) in [4.78, 5) is 5.10. The Labute approximate surface area is 209 Å². The van der Waals surface area contributed by atoms with E-state index in [0.29, 0.717) is 0 Å². The number of aryl methyl sites for hydroxylation is 1. The lowest BCUT2D eigenvalue weighted by atomic mass is 9.68. The van der Waals surface area contributed by atoms with Crippen LogP contribution in [0.25, 0.3) is 10.9 Å². The molecule has 0 bridgehead atoms. The summed E-state index contributed by atoms with van der Waals surface area (Å²) in [6.45, 7) is 7.44. The fourth-order valence-electron chi connectivity index (χ4n) is 6.61. The van der Waals surface area contributed by atoms with Gasteiger partial charge in [-0.05, 0) is 62.7 Å². The van der Waals surface area contributed by atoms with Gasteiger partial charge in [0.1, 0.15) is 11.5 Å². The van der Waals surface area contributed by atoms with Crippen molar-refractivity contribution in [2.45, 2.75) is 44.2 Å². The van der Waals surface area contributed by atoms with Crippen LogP contribution in [0.15, 0.2) is 42.5 Å². The molecule has 188 valence electrons. The number of likely N-dealkylation sites (tertiary alicyclic amines) is 1. The Morgan fingerprint density at radius 2 is 1.83 bits per heavy atom. The van der Waals surface area contributed by atoms with Crippen molar-refractivity contribution in [1.29, 1.82) is 0 Å². The summed E-state index contributed by atoms with van der Waals surface area (Å²) in [5.41, 5.74) is 5.10. The number of benzene rings is 2. The van der Waals surface area contributed by atoms with Gasteiger partial charge in [-0.3, -0.25) is 4.90 Å². The van der Waals surface area contributed by atoms with Gasteiger partial charge < -0.3 is 24.0 Å². The number of hydrogen-bond acceptors (Lipinski definition) is 5. The molecule has 3 aromatic rings. The summed E-state index contributed by atoms with van der Waals surface area (Å²) in [5.74, 6) is 1.78. The van der Waals surface area contributed by atoms with Crippen molar-refractivity contribution in [3.05, 3.63) is 59.3 Å². The number of methoxy groups -OCH3 is 2. The Hall–Kier alpha value is -2.54. The van der Waals surface area contributed by atoms with E-state index in [0.717, 1.165) is 56.1 Å². The number of para-hydroxylation sites is 1. The number of aliphatic hydroxyl groups excluding tert-OH is 1. The van der Waals surface area contributed by atoms with E-state index < -0.39 is 0 Å². The molecule has 1 N–H and O–H groups in total. The molecule has 2 aliphatic heterocycles. The van der Waals surface area contributed by atoms with Crippen molar-refractivity contribution in [3.63, 3.8) is 0 Å². The monoisotopic (exact) mass is 477 g/mol. The molecule has 1 aromatic heterocycles. The van der Waals surface area contributed by atoms with Crippen LogP contribution in [-0.2, 0) is 19.0 Å². The molecule has 1 spiro atoms. The molecule has 0 saturated carbocycles. The maximum atomic E-state index is 10.7. The van der Waals surface area contributed by atoms with Crippen molar-refractivity contribution in [2.24, 2.45) is 7.05 Å². The van der Waals surface area contributed by atoms with Gasteiger partial charge in [-0.2, -0.15) is 0 Å². The molecule has 5 rings (SSSR count). The van der Waals surface area contributed by atoms with E-state index in [1.54, 1.807) is 14.2 Å². The van der Waals surface area contributed by atoms with Crippen LogP contribution in [0.1, 0.15) is 49.0 Å². The molecule has 1 fully saturated rings. The van der Waals surface area contributed by atoms with Crippen LogP contribution in [0, 0.1) is 0 Å². The number of nitrogens with zero attached hydrogens (tertiary/aromatic N) is 3. The summed E-state index contributed by atoms with van der Waals surface area (Å²) in [6, 6.07) is 14.7. The van der Waals surface area contributed by atoms with E-state index in [1.165, 1.54) is 35.1 Å². The molecule has 35 heavy (non-hydrogen) atoms. The zero-order valence-electron chi connectivity index (χ0n) is 21.6. The van der Waals surface area contributed by atoms with E-state index in [9.17, 15) is 5.11 Å². The SMILES string of the molecule is CCCN1CCC2(CC1)CN(Cc1ccccc1OC)[C@H](CO)c1c2c2ccc(OC)cc2n1C. The highest BCUT2D eigenvalue weighted by atomic mass is 16.5. The third-order valence-corrected chi connectivity index (χ3v) is 8.34. The molecular formula is C29H39N3O3. The van der Waals surface area contributed by atoms with Crippen LogP contribution in [0.4, 0.5) is 0 Å². The second-order valence-corrected chi connectivity index (χ2v) is 10.2. The summed E-state index contributed by atoms with van der Waals surface area (Å²) in [5, 5.41) is 12.1. The second kappa shape index (κ2) is 9.84. The van der Waals surface area contributed by atoms with Crippen molar-refractivity contribution in [1.82, 2.24) is 14.4 Å². The standard InChI is InChI=1S/C29H39N3O3/c1-5-14-31-15-12-29(13-16-31)20-32(18-21-8-6-7-9-26(21)35-4)25(19-33)28-27(29)23-11-10-22(34-3)17-24(23)30(28)2/h6-11,17,25,33H,5,12-16,18-20H2,1-4H3/t25-/m1/s1. The summed E-state index contributed by atoms with van der Waals surface area (Å²) in [6.07, 6.45) is 3.45. The van der Waals surface area contributed by atoms with Crippen molar-refractivity contribution < 1.29 is 14.6 Å². The zero-order valence-corrected chi connectivity index (χ0v) is 21.6. The molecule has 0 amide bonds. The van der Waals surface area contributed by atoms with E-state index in [2.05, 4.69) is 58.7 Å². The van der Waals surface area contributed by atoms with E-state index in [1.807, 2.05) is 12.1 Å². The van der Waals surface area contributed by atoms with Crippen LogP contribution < -0.4 is 9.47 Å². The Balaban J connectivity index is 1.64. The first-order chi connectivity index (χ1) is 17.0. The van der Waals surface area contributed by atoms with Crippen molar-refractivity contribution in [2.75, 3.05) is 47.0 Å². The molecule has 0 radical (unpaired) electrons. The molecule has 6 heteroatoms. The van der Waals surface area contributed by atoms with Gasteiger partial charge >= 0.3 is 0 Å². The molecule has 2 aromatic carbocycles. The Morgan fingerprint density at radius 3 is 2.51 bits per heavy atom. The third kappa shape index (κ3) is 4.11. The van der Waals surface area contributed by atoms with Gasteiger partial charge in [-0.1, -0.05) is 25.1 Å². The lowest BCUT2D eigenvalue weighted by Gasteiger charge is -2.50. The molecule has 0 aliphatic carbocycles. The second-order valence-electron chi connectivity index (χ2n) is 10.2. The Kier molecular flexibility index (Phi) is 6.80. The largest absolute Gasteiger partial charge is 0.497 e. The predicted molar refractivity (Wildman–Crippen MR) is 140 cm³/mol. The quantitative estimate of drug-likeness (QED) is 0.544. The van der Waals surface area contributed by atoms with Gasteiger partial charge in [-0.25, -0.2) is 0 Å². The molecule has 0 unspecified atom stereocenters. The lowest BCUT2D eigenvalue weighted by molar-refractivity contribution is 0.0412. The summed E-state index contributed by atoms with van der Waals surface area (Å²) >= 11 is 0. The average molecular weight is 478 g/mol. The molecule has 1 saturated heterocycles. The van der Waals surface area contributed by atoms with E-state index in [-0.39, 0.29) is 18.1 Å². The number of aromatic nitrogens is 1. The topological polar surface area (TPSA) is 50.1 Å². The number of piperidine rings is 1. The first-order valence-corrected chi connectivity index (χ1v) is 12.9. The summed E-state index contributed by atoms with van der Waals surface area (Å²) in [7, 11) is 5.61. The van der Waals surface area contributed by atoms with Gasteiger partial charge in [0.2, 0.25) is 0 Å². The van der Waals surface area contributed by atoms with Gasteiger partial charge in [0, 0.05) is 48.3 Å². The highest BCUT2D eigenvalue weighted by Gasteiger charge is 2.48. The zero-order chi connectivity index (χ0) is 24.6. The van der Waals surface area contributed by atoms with Crippen molar-refractivity contribution in [3.8, 4) is 11.5 Å². The molecule has 6 nitrogen and oxygen atoms in total. The smallest absolute Gasteiger partial charge is 0.123 e. The fourth-order valence-corrected chi connectivity index (χ4v) is 6.61. The van der Waals surface area contributed by atoms with Crippen LogP contribution in [0.3, 0.4) is 0 Å². The maximum Gasteiger partial charge on any atom is 0.123 e. The number of aliphatic hydroxyl groups is 1. The van der Waals surface area contributed by atoms with Crippen LogP contribution in [-0.4, -0.2) is 66.5 Å². The van der Waals surface area contributed by atoms with E-state index in [4.69, 9.17) is 9.47 Å². The molecule has 3 heterocycles. The molecular weight excluding hydrogens is 438 g/mol. The van der Waals surface area contributed by atoms with Gasteiger partial charge in [0.05, 0.1) is 32.4 Å². The number of fused-ring (bicyclic) bond motifs is 4. The minimum absolute atomic E-state index is 0.0569. The van der Waals surface area contributed by atoms with Crippen LogP contribution in [0.5, 0.6) is 11.5 Å². The number of hydrogen-bond donors (Lipinski definition) is 1.